The molecule has 0 bridgehead atoms. The first-order valence-electron chi connectivity index (χ1n) is 6.75. The molecule has 4 N–H and O–H groups in total. The number of anilines is 2. The molecule has 2 aromatic carbocycles. The van der Waals surface area contributed by atoms with Crippen molar-refractivity contribution in [1.29, 1.82) is 0 Å². The maximum Gasteiger partial charge on any atom is 0.337 e. The molecular formula is C16H17ClI2N2O4. The van der Waals surface area contributed by atoms with Crippen molar-refractivity contribution in [3.63, 3.8) is 0 Å². The first-order valence-corrected chi connectivity index (χ1v) is 10.6. The highest BCUT2D eigenvalue weighted by Crippen LogP contribution is 2.18. The van der Waals surface area contributed by atoms with Crippen molar-refractivity contribution >= 4 is 76.3 Å². The second-order valence-electron chi connectivity index (χ2n) is 4.35. The van der Waals surface area contributed by atoms with Crippen LogP contribution in [0.25, 0.3) is 0 Å². The number of hydrogen-bond acceptors (Lipinski definition) is 4. The molecule has 0 aliphatic heterocycles. The van der Waals surface area contributed by atoms with E-state index in [1.165, 1.54) is 0 Å². The fraction of sp³-hybridized carbons (Fsp3) is 0.125. The average molecular weight is 591 g/mol. The summed E-state index contributed by atoms with van der Waals surface area (Å²) < 4.78 is 0.920. The maximum atomic E-state index is 10.7. The number of nitrogens with one attached hydrogen (secondary N) is 2. The van der Waals surface area contributed by atoms with Gasteiger partial charge in [0.1, 0.15) is 0 Å². The number of para-hydroxylation sites is 1. The van der Waals surface area contributed by atoms with E-state index in [2.05, 4.69) is 42.1 Å². The number of hydrogen-bond donors (Lipinski definition) is 4. The molecule has 0 amide bonds. The molecule has 0 fully saturated rings. The monoisotopic (exact) mass is 590 g/mol. The summed E-state index contributed by atoms with van der Waals surface area (Å²) in [6, 6.07) is 12.0. The Morgan fingerprint density at radius 2 is 1.36 bits per heavy atom. The Kier molecular flexibility index (Phi) is 12.3. The zero-order valence-corrected chi connectivity index (χ0v) is 18.5. The molecule has 0 atom stereocenters. The minimum absolute atomic E-state index is 0.301. The molecule has 0 unspecified atom stereocenters. The molecule has 9 heteroatoms. The highest BCUT2D eigenvalue weighted by Gasteiger charge is 2.08. The summed E-state index contributed by atoms with van der Waals surface area (Å²) in [6.45, 7) is 0. The van der Waals surface area contributed by atoms with Crippen LogP contribution in [-0.2, 0) is 0 Å². The van der Waals surface area contributed by atoms with E-state index in [9.17, 15) is 9.59 Å². The Hall–Kier alpha value is -1.27. The van der Waals surface area contributed by atoms with Gasteiger partial charge in [-0.15, -0.1) is 0 Å². The summed E-state index contributed by atoms with van der Waals surface area (Å²) in [7, 11) is 8.01. The van der Waals surface area contributed by atoms with Crippen LogP contribution in [-0.4, -0.2) is 36.2 Å². The summed E-state index contributed by atoms with van der Waals surface area (Å²) in [5.41, 5.74) is 1.89. The third-order valence-electron chi connectivity index (χ3n) is 2.91. The second-order valence-corrected chi connectivity index (χ2v) is 5.59. The van der Waals surface area contributed by atoms with Gasteiger partial charge in [-0.05, 0) is 61.8 Å². The number of halogens is 3. The van der Waals surface area contributed by atoms with E-state index in [1.54, 1.807) is 72.0 Å². The Morgan fingerprint density at radius 1 is 0.880 bits per heavy atom. The number of carbonyl (C=O) groups is 2. The van der Waals surface area contributed by atoms with Gasteiger partial charge in [0.25, 0.3) is 0 Å². The maximum absolute atomic E-state index is 10.7. The van der Waals surface area contributed by atoms with Gasteiger partial charge in [-0.25, -0.2) is 9.59 Å². The smallest absolute Gasteiger partial charge is 0.337 e. The van der Waals surface area contributed by atoms with Crippen LogP contribution < -0.4 is 10.6 Å². The SMILES string of the molecule is CNc1ccc(I)cc1C(=O)O.CNc1ccccc1C(=O)O.ClI. The molecule has 2 aromatic rings. The molecular weight excluding hydrogens is 573 g/mol. The van der Waals surface area contributed by atoms with Crippen LogP contribution in [0, 0.1) is 3.57 Å². The zero-order valence-electron chi connectivity index (χ0n) is 13.4. The van der Waals surface area contributed by atoms with Crippen LogP contribution in [0.1, 0.15) is 20.7 Å². The first-order chi connectivity index (χ1) is 11.9. The Morgan fingerprint density at radius 3 is 1.80 bits per heavy atom. The third-order valence-corrected chi connectivity index (χ3v) is 3.58. The van der Waals surface area contributed by atoms with Gasteiger partial charge in [-0.2, -0.15) is 0 Å². The van der Waals surface area contributed by atoms with Crippen LogP contribution in [0.15, 0.2) is 42.5 Å². The lowest BCUT2D eigenvalue weighted by Crippen LogP contribution is -2.02. The number of benzene rings is 2. The van der Waals surface area contributed by atoms with Crippen molar-refractivity contribution in [2.75, 3.05) is 24.7 Å². The van der Waals surface area contributed by atoms with E-state index in [-0.39, 0.29) is 0 Å². The molecule has 6 nitrogen and oxygen atoms in total. The lowest BCUT2D eigenvalue weighted by Gasteiger charge is -2.04. The van der Waals surface area contributed by atoms with Gasteiger partial charge in [-0.3, -0.25) is 0 Å². The van der Waals surface area contributed by atoms with Crippen LogP contribution in [0.4, 0.5) is 11.4 Å². The molecule has 0 saturated heterocycles. The average Bonchev–Trinajstić information content (AvgIpc) is 2.63. The topological polar surface area (TPSA) is 98.7 Å². The molecule has 0 aliphatic rings. The Bertz CT molecular complexity index is 714. The molecule has 25 heavy (non-hydrogen) atoms. The van der Waals surface area contributed by atoms with Crippen molar-refractivity contribution in [2.45, 2.75) is 0 Å². The predicted molar refractivity (Wildman–Crippen MR) is 118 cm³/mol. The number of rotatable bonds is 4. The minimum atomic E-state index is -0.907. The fourth-order valence-electron chi connectivity index (χ4n) is 1.80. The Balaban J connectivity index is 0.000000421. The van der Waals surface area contributed by atoms with Crippen molar-refractivity contribution < 1.29 is 19.8 Å². The van der Waals surface area contributed by atoms with Crippen LogP contribution >= 0.6 is 53.0 Å². The number of carboxylic acid groups (broad SMARTS) is 2. The minimum Gasteiger partial charge on any atom is -0.478 e. The molecule has 0 heterocycles. The highest BCUT2D eigenvalue weighted by molar-refractivity contribution is 14.1. The summed E-state index contributed by atoms with van der Waals surface area (Å²) >= 11 is 3.70. The molecule has 0 aliphatic carbocycles. The summed E-state index contributed by atoms with van der Waals surface area (Å²) in [6.07, 6.45) is 0. The second kappa shape index (κ2) is 13.0. The quantitative estimate of drug-likeness (QED) is 0.373. The third kappa shape index (κ3) is 8.10. The van der Waals surface area contributed by atoms with Crippen LogP contribution in [0.5, 0.6) is 0 Å². The number of carboxylic acids is 2. The van der Waals surface area contributed by atoms with E-state index in [0.717, 1.165) is 3.57 Å². The summed E-state index contributed by atoms with van der Waals surface area (Å²) in [5, 5.41) is 23.1. The largest absolute Gasteiger partial charge is 0.478 e. The molecule has 0 spiro atoms. The molecule has 0 saturated carbocycles. The highest BCUT2D eigenvalue weighted by atomic mass is 127. The zero-order chi connectivity index (χ0) is 19.4. The molecule has 0 radical (unpaired) electrons. The van der Waals surface area contributed by atoms with Crippen molar-refractivity contribution in [2.24, 2.45) is 0 Å². The van der Waals surface area contributed by atoms with Crippen LogP contribution in [0.2, 0.25) is 0 Å². The normalized spacial score (nSPS) is 8.84. The molecule has 2 rings (SSSR count). The van der Waals surface area contributed by atoms with Crippen molar-refractivity contribution in [3.8, 4) is 0 Å². The first kappa shape index (κ1) is 23.7. The molecule has 136 valence electrons. The van der Waals surface area contributed by atoms with E-state index >= 15 is 0 Å². The van der Waals surface area contributed by atoms with Gasteiger partial charge in [0.2, 0.25) is 0 Å². The van der Waals surface area contributed by atoms with Gasteiger partial charge in [0.05, 0.1) is 11.1 Å². The van der Waals surface area contributed by atoms with Crippen molar-refractivity contribution in [3.05, 3.63) is 57.2 Å². The Labute approximate surface area is 177 Å². The van der Waals surface area contributed by atoms with Gasteiger partial charge < -0.3 is 20.8 Å². The van der Waals surface area contributed by atoms with Crippen LogP contribution in [0.3, 0.4) is 0 Å². The summed E-state index contributed by atoms with van der Waals surface area (Å²) in [4.78, 5) is 21.2. The van der Waals surface area contributed by atoms with Gasteiger partial charge >= 0.3 is 11.9 Å². The lowest BCUT2D eigenvalue weighted by molar-refractivity contribution is 0.0687. The number of aromatic carboxylic acids is 2. The fourth-order valence-corrected chi connectivity index (χ4v) is 2.29. The predicted octanol–water partition coefficient (Wildman–Crippen LogP) is 5.03. The van der Waals surface area contributed by atoms with Gasteiger partial charge in [0, 0.05) is 50.5 Å². The van der Waals surface area contributed by atoms with Gasteiger partial charge in [-0.1, -0.05) is 12.1 Å². The van der Waals surface area contributed by atoms with Crippen molar-refractivity contribution in [1.82, 2.24) is 0 Å². The molecule has 0 aromatic heterocycles. The van der Waals surface area contributed by atoms with Gasteiger partial charge in [0.15, 0.2) is 0 Å². The van der Waals surface area contributed by atoms with E-state index in [1.807, 2.05) is 6.07 Å². The van der Waals surface area contributed by atoms with E-state index in [4.69, 9.17) is 10.2 Å². The standard InChI is InChI=1S/C8H8INO2.C8H9NO2.ClI/c1-10-7-3-2-5(9)4-6(7)8(11)12;1-9-7-5-3-2-4-6(7)8(10)11;1-2/h2-4,10H,1H3,(H,11,12);2-5,9H,1H3,(H,10,11);. The van der Waals surface area contributed by atoms with E-state index in [0.29, 0.717) is 22.5 Å². The summed E-state index contributed by atoms with van der Waals surface area (Å²) in [5.74, 6) is -1.81. The van der Waals surface area contributed by atoms with E-state index < -0.39 is 11.9 Å². The lowest BCUT2D eigenvalue weighted by atomic mass is 10.2.